The van der Waals surface area contributed by atoms with Crippen LogP contribution in [0.15, 0.2) is 48.8 Å². The maximum Gasteiger partial charge on any atom is 0.225 e. The first-order chi connectivity index (χ1) is 8.93. The summed E-state index contributed by atoms with van der Waals surface area (Å²) >= 11 is 0. The molecule has 0 bridgehead atoms. The Kier molecular flexibility index (Phi) is 6.55. The fourth-order valence-electron chi connectivity index (χ4n) is 2.26. The van der Waals surface area contributed by atoms with Crippen molar-refractivity contribution in [2.24, 2.45) is 0 Å². The van der Waals surface area contributed by atoms with Gasteiger partial charge in [0.05, 0.1) is 0 Å². The van der Waals surface area contributed by atoms with E-state index in [4.69, 9.17) is 0 Å². The molecule has 6 heteroatoms. The van der Waals surface area contributed by atoms with E-state index in [0.29, 0.717) is 0 Å². The van der Waals surface area contributed by atoms with E-state index in [1.807, 2.05) is 6.07 Å². The third kappa shape index (κ3) is 3.74. The van der Waals surface area contributed by atoms with Crippen LogP contribution in [-0.2, 0) is 0 Å². The maximum absolute atomic E-state index is 4.30. The molecule has 4 nitrogen and oxygen atoms in total. The molecule has 1 fully saturated rings. The minimum Gasteiger partial charge on any atom is -0.368 e. The summed E-state index contributed by atoms with van der Waals surface area (Å²) in [4.78, 5) is 13.2. The lowest BCUT2D eigenvalue weighted by Crippen LogP contribution is -2.47. The molecular weight excluding hydrogens is 295 g/mol. The first-order valence-corrected chi connectivity index (χ1v) is 6.25. The Morgan fingerprint density at radius 2 is 1.25 bits per heavy atom. The van der Waals surface area contributed by atoms with Gasteiger partial charge < -0.3 is 9.80 Å². The second-order valence-electron chi connectivity index (χ2n) is 4.36. The first-order valence-electron chi connectivity index (χ1n) is 6.25. The van der Waals surface area contributed by atoms with Gasteiger partial charge in [0, 0.05) is 44.3 Å². The number of hydrogen-bond acceptors (Lipinski definition) is 4. The largest absolute Gasteiger partial charge is 0.368 e. The first kappa shape index (κ1) is 16.5. The van der Waals surface area contributed by atoms with Gasteiger partial charge in [-0.2, -0.15) is 0 Å². The van der Waals surface area contributed by atoms with E-state index in [1.54, 1.807) is 12.4 Å². The van der Waals surface area contributed by atoms with E-state index in [-0.39, 0.29) is 24.8 Å². The van der Waals surface area contributed by atoms with Crippen molar-refractivity contribution in [3.8, 4) is 0 Å². The summed E-state index contributed by atoms with van der Waals surface area (Å²) in [6, 6.07) is 12.4. The second kappa shape index (κ2) is 7.92. The summed E-state index contributed by atoms with van der Waals surface area (Å²) < 4.78 is 0. The molecule has 0 atom stereocenters. The molecule has 0 aliphatic carbocycles. The lowest BCUT2D eigenvalue weighted by atomic mass is 10.2. The van der Waals surface area contributed by atoms with Crippen molar-refractivity contribution >= 4 is 36.4 Å². The van der Waals surface area contributed by atoms with Gasteiger partial charge in [0.2, 0.25) is 5.95 Å². The van der Waals surface area contributed by atoms with Crippen LogP contribution < -0.4 is 9.80 Å². The van der Waals surface area contributed by atoms with Crippen molar-refractivity contribution in [2.75, 3.05) is 36.0 Å². The zero-order valence-electron chi connectivity index (χ0n) is 11.1. The molecule has 0 spiro atoms. The van der Waals surface area contributed by atoms with Gasteiger partial charge in [-0.15, -0.1) is 24.8 Å². The van der Waals surface area contributed by atoms with Crippen molar-refractivity contribution in [3.63, 3.8) is 0 Å². The number of halogens is 2. The highest BCUT2D eigenvalue weighted by atomic mass is 35.5. The van der Waals surface area contributed by atoms with Crippen LogP contribution in [0, 0.1) is 0 Å². The molecule has 20 heavy (non-hydrogen) atoms. The summed E-state index contributed by atoms with van der Waals surface area (Å²) in [5, 5.41) is 0. The van der Waals surface area contributed by atoms with E-state index in [1.165, 1.54) is 5.69 Å². The molecule has 2 heterocycles. The molecular formula is C14H18Cl2N4. The predicted octanol–water partition coefficient (Wildman–Crippen LogP) is 2.65. The van der Waals surface area contributed by atoms with E-state index in [9.17, 15) is 0 Å². The Morgan fingerprint density at radius 3 is 1.85 bits per heavy atom. The SMILES string of the molecule is Cl.Cl.c1ccc(N2CCN(c3ncccn3)CC2)cc1. The molecule has 2 aromatic rings. The lowest BCUT2D eigenvalue weighted by Gasteiger charge is -2.36. The Balaban J connectivity index is 0.000001000. The fraction of sp³-hybridized carbons (Fsp3) is 0.286. The van der Waals surface area contributed by atoms with Crippen LogP contribution in [0.1, 0.15) is 0 Å². The average Bonchev–Trinajstić information content (AvgIpc) is 2.49. The van der Waals surface area contributed by atoms with Gasteiger partial charge >= 0.3 is 0 Å². The number of benzene rings is 1. The molecule has 1 aliphatic heterocycles. The standard InChI is InChI=1S/C14H16N4.2ClH/c1-2-5-13(6-3-1)17-9-11-18(12-10-17)14-15-7-4-8-16-14;;/h1-8H,9-12H2;2*1H. The van der Waals surface area contributed by atoms with Crippen molar-refractivity contribution in [1.82, 2.24) is 9.97 Å². The third-order valence-electron chi connectivity index (χ3n) is 3.24. The van der Waals surface area contributed by atoms with Crippen LogP contribution in [0.25, 0.3) is 0 Å². The van der Waals surface area contributed by atoms with E-state index >= 15 is 0 Å². The summed E-state index contributed by atoms with van der Waals surface area (Å²) in [6.07, 6.45) is 3.60. The minimum atomic E-state index is 0. The molecule has 3 rings (SSSR count). The highest BCUT2D eigenvalue weighted by molar-refractivity contribution is 5.85. The van der Waals surface area contributed by atoms with Gasteiger partial charge in [0.25, 0.3) is 0 Å². The van der Waals surface area contributed by atoms with Gasteiger partial charge in [-0.3, -0.25) is 0 Å². The van der Waals surface area contributed by atoms with Crippen molar-refractivity contribution in [1.29, 1.82) is 0 Å². The molecule has 0 saturated carbocycles. The molecule has 1 aliphatic rings. The zero-order valence-corrected chi connectivity index (χ0v) is 12.7. The average molecular weight is 313 g/mol. The molecule has 0 radical (unpaired) electrons. The molecule has 1 saturated heterocycles. The van der Waals surface area contributed by atoms with E-state index in [2.05, 4.69) is 50.1 Å². The van der Waals surface area contributed by atoms with Crippen molar-refractivity contribution in [2.45, 2.75) is 0 Å². The molecule has 108 valence electrons. The topological polar surface area (TPSA) is 32.3 Å². The van der Waals surface area contributed by atoms with Gasteiger partial charge in [-0.1, -0.05) is 18.2 Å². The van der Waals surface area contributed by atoms with Crippen LogP contribution in [0.4, 0.5) is 11.6 Å². The summed E-state index contributed by atoms with van der Waals surface area (Å²) in [5.74, 6) is 0.838. The zero-order chi connectivity index (χ0) is 12.2. The second-order valence-corrected chi connectivity index (χ2v) is 4.36. The summed E-state index contributed by atoms with van der Waals surface area (Å²) in [7, 11) is 0. The lowest BCUT2D eigenvalue weighted by molar-refractivity contribution is 0.640. The third-order valence-corrected chi connectivity index (χ3v) is 3.24. The Hall–Kier alpha value is -1.52. The van der Waals surface area contributed by atoms with E-state index in [0.717, 1.165) is 32.1 Å². The highest BCUT2D eigenvalue weighted by Gasteiger charge is 2.18. The van der Waals surface area contributed by atoms with E-state index < -0.39 is 0 Å². The number of nitrogens with zero attached hydrogens (tertiary/aromatic N) is 4. The van der Waals surface area contributed by atoms with Gasteiger partial charge in [-0.25, -0.2) is 9.97 Å². The number of aromatic nitrogens is 2. The summed E-state index contributed by atoms with van der Waals surface area (Å²) in [6.45, 7) is 3.97. The number of para-hydroxylation sites is 1. The maximum atomic E-state index is 4.30. The van der Waals surface area contributed by atoms with Crippen LogP contribution in [0.2, 0.25) is 0 Å². The minimum absolute atomic E-state index is 0. The molecule has 0 unspecified atom stereocenters. The van der Waals surface area contributed by atoms with Crippen molar-refractivity contribution in [3.05, 3.63) is 48.8 Å². The summed E-state index contributed by atoms with van der Waals surface area (Å²) in [5.41, 5.74) is 1.30. The van der Waals surface area contributed by atoms with Crippen LogP contribution in [0.5, 0.6) is 0 Å². The molecule has 1 aromatic heterocycles. The van der Waals surface area contributed by atoms with Crippen molar-refractivity contribution < 1.29 is 0 Å². The number of piperazine rings is 1. The van der Waals surface area contributed by atoms with Crippen LogP contribution >= 0.6 is 24.8 Å². The highest BCUT2D eigenvalue weighted by Crippen LogP contribution is 2.17. The number of hydrogen-bond donors (Lipinski definition) is 0. The quantitative estimate of drug-likeness (QED) is 0.853. The number of anilines is 2. The van der Waals surface area contributed by atoms with Gasteiger partial charge in [0.15, 0.2) is 0 Å². The monoisotopic (exact) mass is 312 g/mol. The molecule has 1 aromatic carbocycles. The Labute approximate surface area is 131 Å². The predicted molar refractivity (Wildman–Crippen MR) is 87.4 cm³/mol. The Bertz CT molecular complexity index is 440. The normalized spacial score (nSPS) is 14.2. The number of rotatable bonds is 2. The Morgan fingerprint density at radius 1 is 0.700 bits per heavy atom. The van der Waals surface area contributed by atoms with Crippen LogP contribution in [0.3, 0.4) is 0 Å². The molecule has 0 N–H and O–H groups in total. The van der Waals surface area contributed by atoms with Crippen LogP contribution in [-0.4, -0.2) is 36.1 Å². The smallest absolute Gasteiger partial charge is 0.225 e. The molecule has 0 amide bonds. The van der Waals surface area contributed by atoms with Gasteiger partial charge in [-0.05, 0) is 18.2 Å². The fourth-order valence-corrected chi connectivity index (χ4v) is 2.26. The van der Waals surface area contributed by atoms with Gasteiger partial charge in [0.1, 0.15) is 0 Å².